The van der Waals surface area contributed by atoms with Crippen molar-refractivity contribution in [2.45, 2.75) is 51.3 Å². The quantitative estimate of drug-likeness (QED) is 0.656. The molecule has 1 heterocycles. The van der Waals surface area contributed by atoms with Gasteiger partial charge < -0.3 is 15.0 Å². The molecule has 1 aliphatic heterocycles. The van der Waals surface area contributed by atoms with E-state index in [1.807, 2.05) is 0 Å². The maximum atomic E-state index is 12.6. The number of carbonyl (C=O) groups is 2. The lowest BCUT2D eigenvalue weighted by atomic mass is 9.75. The normalized spacial score (nSPS) is 27.6. The van der Waals surface area contributed by atoms with E-state index in [4.69, 9.17) is 4.74 Å². The van der Waals surface area contributed by atoms with Crippen LogP contribution in [0.4, 0.5) is 13.2 Å². The van der Waals surface area contributed by atoms with E-state index < -0.39 is 12.1 Å². The third kappa shape index (κ3) is 4.94. The summed E-state index contributed by atoms with van der Waals surface area (Å²) in [5.41, 5.74) is 0.741. The smallest absolute Gasteiger partial charge is 0.471 e. The Morgan fingerprint density at radius 1 is 1.22 bits per heavy atom. The largest absolute Gasteiger partial charge is 0.490 e. The van der Waals surface area contributed by atoms with Crippen molar-refractivity contribution in [3.63, 3.8) is 0 Å². The van der Waals surface area contributed by atoms with Crippen molar-refractivity contribution in [2.24, 2.45) is 17.3 Å². The first kappa shape index (κ1) is 22.7. The van der Waals surface area contributed by atoms with Gasteiger partial charge >= 0.3 is 12.1 Å². The molecule has 3 unspecified atom stereocenters. The molecule has 2 fully saturated rings. The molecule has 1 N–H and O–H groups in total. The van der Waals surface area contributed by atoms with Gasteiger partial charge in [-0.05, 0) is 54.7 Å². The number of likely N-dealkylation sites (tertiary alicyclic amines) is 1. The highest BCUT2D eigenvalue weighted by molar-refractivity contribution is 5.94. The summed E-state index contributed by atoms with van der Waals surface area (Å²) in [4.78, 5) is 24.8. The number of piperidine rings is 1. The lowest BCUT2D eigenvalue weighted by Gasteiger charge is -2.32. The van der Waals surface area contributed by atoms with Crippen molar-refractivity contribution in [1.82, 2.24) is 10.2 Å². The van der Waals surface area contributed by atoms with E-state index in [1.54, 1.807) is 24.3 Å². The molecule has 32 heavy (non-hydrogen) atoms. The van der Waals surface area contributed by atoms with Crippen LogP contribution in [0.25, 0.3) is 0 Å². The zero-order chi connectivity index (χ0) is 22.9. The molecule has 2 bridgehead atoms. The van der Waals surface area contributed by atoms with Crippen LogP contribution < -0.4 is 10.1 Å². The van der Waals surface area contributed by atoms with Gasteiger partial charge in [0.1, 0.15) is 11.9 Å². The van der Waals surface area contributed by atoms with E-state index in [9.17, 15) is 22.8 Å². The monoisotopic (exact) mass is 450 g/mol. The van der Waals surface area contributed by atoms with Crippen LogP contribution in [0.15, 0.2) is 36.4 Å². The Hall–Kier alpha value is -2.51. The molecule has 1 saturated carbocycles. The van der Waals surface area contributed by atoms with Gasteiger partial charge in [-0.25, -0.2) is 0 Å². The van der Waals surface area contributed by atoms with E-state index in [2.05, 4.69) is 24.4 Å². The van der Waals surface area contributed by atoms with E-state index in [0.717, 1.165) is 11.3 Å². The Kier molecular flexibility index (Phi) is 6.23. The second-order valence-electron chi connectivity index (χ2n) is 9.49. The van der Waals surface area contributed by atoms with Gasteiger partial charge in [0.05, 0.1) is 0 Å². The molecule has 4 rings (SSSR count). The number of nitrogens with zero attached hydrogens (tertiary/aromatic N) is 1. The summed E-state index contributed by atoms with van der Waals surface area (Å²) in [5, 5.41) is 3.00. The Morgan fingerprint density at radius 2 is 1.97 bits per heavy atom. The zero-order valence-electron chi connectivity index (χ0n) is 18.2. The summed E-state index contributed by atoms with van der Waals surface area (Å²) >= 11 is 0. The molecule has 2 amide bonds. The number of nitrogens with one attached hydrogen (secondary N) is 1. The zero-order valence-corrected chi connectivity index (χ0v) is 18.2. The van der Waals surface area contributed by atoms with Crippen LogP contribution in [0.5, 0.6) is 5.75 Å². The van der Waals surface area contributed by atoms with Crippen molar-refractivity contribution >= 4 is 11.8 Å². The number of hydrogen-bond donors (Lipinski definition) is 1. The summed E-state index contributed by atoms with van der Waals surface area (Å²) in [6.07, 6.45) is 3.47. The first-order valence-electron chi connectivity index (χ1n) is 11.2. The third-order valence-electron chi connectivity index (χ3n) is 7.15. The molecule has 8 heteroatoms. The number of halogens is 3. The molecule has 1 aromatic rings. The number of hydrogen-bond acceptors (Lipinski definition) is 3. The fraction of sp³-hybridized carbons (Fsp3) is 0.583. The number of allylic oxidation sites excluding steroid dienone is 2. The number of benzene rings is 1. The predicted molar refractivity (Wildman–Crippen MR) is 113 cm³/mol. The lowest BCUT2D eigenvalue weighted by molar-refractivity contribution is -0.187. The topological polar surface area (TPSA) is 58.6 Å². The van der Waals surface area contributed by atoms with Gasteiger partial charge in [-0.1, -0.05) is 25.1 Å². The van der Waals surface area contributed by atoms with Crippen LogP contribution in [-0.4, -0.2) is 48.6 Å². The standard InChI is InChI=1S/C24H29F3N2O3/c1-23(15-16-5-6-18(23)13-16)9-10-28-21(30)17-3-2-4-20(14-17)32-19-7-11-29(12-8-19)22(31)24(25,26)27/h2-6,14,16,18-19H,7-13,15H2,1H3,(H,28,30). The SMILES string of the molecule is CC1(CCNC(=O)c2cccc(OC3CCN(C(=O)C(F)(F)F)CC3)c2)CC2C=CC1C2. The second-order valence-corrected chi connectivity index (χ2v) is 9.49. The minimum atomic E-state index is -4.85. The summed E-state index contributed by atoms with van der Waals surface area (Å²) in [7, 11) is 0. The fourth-order valence-electron chi connectivity index (χ4n) is 5.30. The van der Waals surface area contributed by atoms with Gasteiger partial charge in [0, 0.05) is 38.0 Å². The molecule has 1 aromatic carbocycles. The Bertz CT molecular complexity index is 893. The first-order chi connectivity index (χ1) is 15.1. The van der Waals surface area contributed by atoms with E-state index in [1.165, 1.54) is 12.8 Å². The van der Waals surface area contributed by atoms with E-state index in [-0.39, 0.29) is 30.5 Å². The number of alkyl halides is 3. The van der Waals surface area contributed by atoms with Crippen molar-refractivity contribution < 1.29 is 27.5 Å². The van der Waals surface area contributed by atoms with Crippen LogP contribution in [0.3, 0.4) is 0 Å². The van der Waals surface area contributed by atoms with Crippen LogP contribution in [0.2, 0.25) is 0 Å². The number of fused-ring (bicyclic) bond motifs is 2. The average Bonchev–Trinajstić information content (AvgIpc) is 3.34. The van der Waals surface area contributed by atoms with Gasteiger partial charge in [-0.2, -0.15) is 13.2 Å². The Labute approximate surface area is 186 Å². The maximum Gasteiger partial charge on any atom is 0.471 e. The molecule has 0 radical (unpaired) electrons. The second kappa shape index (κ2) is 8.79. The van der Waals surface area contributed by atoms with E-state index >= 15 is 0 Å². The highest BCUT2D eigenvalue weighted by Crippen LogP contribution is 2.53. The summed E-state index contributed by atoms with van der Waals surface area (Å²) < 4.78 is 43.6. The lowest BCUT2D eigenvalue weighted by Crippen LogP contribution is -2.47. The summed E-state index contributed by atoms with van der Waals surface area (Å²) in [6, 6.07) is 6.83. The van der Waals surface area contributed by atoms with Crippen molar-refractivity contribution in [2.75, 3.05) is 19.6 Å². The van der Waals surface area contributed by atoms with E-state index in [0.29, 0.717) is 42.5 Å². The van der Waals surface area contributed by atoms with Crippen LogP contribution in [0, 0.1) is 17.3 Å². The van der Waals surface area contributed by atoms with Gasteiger partial charge in [-0.3, -0.25) is 9.59 Å². The van der Waals surface area contributed by atoms with Crippen LogP contribution >= 0.6 is 0 Å². The number of ether oxygens (including phenoxy) is 1. The van der Waals surface area contributed by atoms with Gasteiger partial charge in [0.2, 0.25) is 0 Å². The molecule has 2 aliphatic carbocycles. The minimum absolute atomic E-state index is 0.000998. The van der Waals surface area contributed by atoms with Crippen LogP contribution in [-0.2, 0) is 4.79 Å². The number of carbonyl (C=O) groups excluding carboxylic acids is 2. The molecule has 3 atom stereocenters. The Morgan fingerprint density at radius 3 is 2.59 bits per heavy atom. The minimum Gasteiger partial charge on any atom is -0.490 e. The maximum absolute atomic E-state index is 12.6. The first-order valence-corrected chi connectivity index (χ1v) is 11.2. The average molecular weight is 451 g/mol. The molecule has 5 nitrogen and oxygen atoms in total. The van der Waals surface area contributed by atoms with Gasteiger partial charge in [0.15, 0.2) is 0 Å². The molecular formula is C24H29F3N2O3. The number of rotatable bonds is 6. The molecule has 0 aromatic heterocycles. The van der Waals surface area contributed by atoms with Crippen molar-refractivity contribution in [1.29, 1.82) is 0 Å². The summed E-state index contributed by atoms with van der Waals surface area (Å²) in [6.45, 7) is 2.91. The van der Waals surface area contributed by atoms with Gasteiger partial charge in [0.25, 0.3) is 5.91 Å². The van der Waals surface area contributed by atoms with Crippen molar-refractivity contribution in [3.8, 4) is 5.75 Å². The molecule has 1 saturated heterocycles. The highest BCUT2D eigenvalue weighted by atomic mass is 19.4. The van der Waals surface area contributed by atoms with Crippen LogP contribution in [0.1, 0.15) is 49.4 Å². The number of amides is 2. The molecule has 174 valence electrons. The molecular weight excluding hydrogens is 421 g/mol. The fourth-order valence-corrected chi connectivity index (χ4v) is 5.30. The Balaban J connectivity index is 1.25. The summed E-state index contributed by atoms with van der Waals surface area (Å²) in [5.74, 6) is -0.163. The highest BCUT2D eigenvalue weighted by Gasteiger charge is 2.44. The van der Waals surface area contributed by atoms with Crippen molar-refractivity contribution in [3.05, 3.63) is 42.0 Å². The molecule has 3 aliphatic rings. The third-order valence-corrected chi connectivity index (χ3v) is 7.15. The molecule has 0 spiro atoms. The predicted octanol–water partition coefficient (Wildman–Crippen LogP) is 4.34. The van der Waals surface area contributed by atoms with Gasteiger partial charge in [-0.15, -0.1) is 0 Å².